The van der Waals surface area contributed by atoms with Gasteiger partial charge in [-0.25, -0.2) is 9.97 Å². The predicted octanol–water partition coefficient (Wildman–Crippen LogP) is 4.64. The van der Waals surface area contributed by atoms with Crippen LogP contribution in [0.25, 0.3) is 11.2 Å². The molecular formula is C30H35N5O. The molecule has 1 aliphatic rings. The highest BCUT2D eigenvalue weighted by atomic mass is 16.1. The fourth-order valence-corrected chi connectivity index (χ4v) is 5.07. The number of hydrogen-bond acceptors (Lipinski definition) is 5. The molecule has 0 atom stereocenters. The highest BCUT2D eigenvalue weighted by Gasteiger charge is 2.16. The third kappa shape index (κ3) is 5.11. The van der Waals surface area contributed by atoms with Crippen molar-refractivity contribution in [1.82, 2.24) is 24.3 Å². The van der Waals surface area contributed by atoms with E-state index in [4.69, 9.17) is 9.97 Å². The van der Waals surface area contributed by atoms with Crippen molar-refractivity contribution in [1.29, 1.82) is 0 Å². The number of benzene rings is 2. The lowest BCUT2D eigenvalue weighted by Gasteiger charge is -2.32. The fraction of sp³-hybridized carbons (Fsp3) is 0.367. The minimum atomic E-state index is 0.0546. The number of likely N-dealkylation sites (N-methyl/N-ethyl adjacent to an activating group) is 1. The van der Waals surface area contributed by atoms with E-state index in [0.717, 1.165) is 78.5 Å². The third-order valence-corrected chi connectivity index (χ3v) is 7.17. The van der Waals surface area contributed by atoms with Gasteiger partial charge >= 0.3 is 0 Å². The van der Waals surface area contributed by atoms with Gasteiger partial charge in [0, 0.05) is 56.0 Å². The second-order valence-electron chi connectivity index (χ2n) is 10.0. The van der Waals surface area contributed by atoms with Crippen molar-refractivity contribution in [2.75, 3.05) is 33.2 Å². The highest BCUT2D eigenvalue weighted by molar-refractivity contribution is 6.09. The summed E-state index contributed by atoms with van der Waals surface area (Å²) in [5, 5.41) is 0. The van der Waals surface area contributed by atoms with Crippen molar-refractivity contribution in [3.8, 4) is 0 Å². The number of piperazine rings is 1. The molecule has 0 amide bonds. The topological polar surface area (TPSA) is 54.3 Å². The molecule has 0 radical (unpaired) electrons. The van der Waals surface area contributed by atoms with Crippen LogP contribution in [0.3, 0.4) is 0 Å². The molecule has 0 spiro atoms. The fourth-order valence-electron chi connectivity index (χ4n) is 5.07. The van der Waals surface area contributed by atoms with Crippen LogP contribution in [0.1, 0.15) is 51.1 Å². The Hall–Kier alpha value is -3.35. The number of ketones is 1. The molecule has 1 saturated heterocycles. The molecule has 0 saturated carbocycles. The van der Waals surface area contributed by atoms with Crippen molar-refractivity contribution in [2.45, 2.75) is 40.3 Å². The van der Waals surface area contributed by atoms with E-state index in [1.807, 2.05) is 37.3 Å². The van der Waals surface area contributed by atoms with Gasteiger partial charge in [-0.3, -0.25) is 9.69 Å². The van der Waals surface area contributed by atoms with Crippen LogP contribution in [0.15, 0.2) is 54.6 Å². The van der Waals surface area contributed by atoms with Crippen LogP contribution in [-0.4, -0.2) is 63.3 Å². The lowest BCUT2D eigenvalue weighted by molar-refractivity contribution is 0.103. The molecule has 0 N–H and O–H groups in total. The summed E-state index contributed by atoms with van der Waals surface area (Å²) in [5.41, 5.74) is 7.77. The standard InChI is InChI=1S/C30H35N5O/c1-5-27-32-28-21(2)17-22(3)31-30(28)35(27)20-24-7-6-8-26(18-24)29(36)25-11-9-23(10-12-25)19-34-15-13-33(4)14-16-34/h6-12,17-18H,5,13-16,19-20H2,1-4H3. The van der Waals surface area contributed by atoms with Crippen LogP contribution in [0.5, 0.6) is 0 Å². The van der Waals surface area contributed by atoms with Gasteiger partial charge in [-0.1, -0.05) is 49.4 Å². The second-order valence-corrected chi connectivity index (χ2v) is 10.0. The number of nitrogens with zero attached hydrogens (tertiary/aromatic N) is 5. The van der Waals surface area contributed by atoms with Crippen molar-refractivity contribution >= 4 is 16.9 Å². The summed E-state index contributed by atoms with van der Waals surface area (Å²) in [6.07, 6.45) is 0.827. The van der Waals surface area contributed by atoms with E-state index in [1.54, 1.807) is 0 Å². The number of aryl methyl sites for hydroxylation is 3. The van der Waals surface area contributed by atoms with Gasteiger partial charge < -0.3 is 9.47 Å². The van der Waals surface area contributed by atoms with Crippen LogP contribution in [-0.2, 0) is 19.5 Å². The van der Waals surface area contributed by atoms with Gasteiger partial charge in [0.05, 0.1) is 6.54 Å². The number of carbonyl (C=O) groups excluding carboxylic acids is 1. The Balaban J connectivity index is 1.34. The molecule has 186 valence electrons. The first-order valence-corrected chi connectivity index (χ1v) is 12.9. The first kappa shape index (κ1) is 24.3. The van der Waals surface area contributed by atoms with Gasteiger partial charge in [-0.15, -0.1) is 0 Å². The summed E-state index contributed by atoms with van der Waals surface area (Å²) in [6, 6.07) is 18.2. The minimum absolute atomic E-state index is 0.0546. The van der Waals surface area contributed by atoms with Gasteiger partial charge in [0.25, 0.3) is 0 Å². The maximum Gasteiger partial charge on any atom is 0.193 e. The zero-order valence-corrected chi connectivity index (χ0v) is 21.8. The first-order valence-electron chi connectivity index (χ1n) is 12.9. The van der Waals surface area contributed by atoms with Gasteiger partial charge in [0.2, 0.25) is 0 Å². The van der Waals surface area contributed by atoms with Crippen molar-refractivity contribution in [2.24, 2.45) is 0 Å². The molecule has 2 aromatic heterocycles. The summed E-state index contributed by atoms with van der Waals surface area (Å²) in [4.78, 5) is 27.8. The number of carbonyl (C=O) groups is 1. The number of hydrogen-bond donors (Lipinski definition) is 0. The molecule has 1 fully saturated rings. The average Bonchev–Trinajstić information content (AvgIpc) is 3.23. The smallest absolute Gasteiger partial charge is 0.193 e. The number of pyridine rings is 1. The monoisotopic (exact) mass is 481 g/mol. The number of rotatable bonds is 7. The molecule has 3 heterocycles. The Morgan fingerprint density at radius 2 is 1.61 bits per heavy atom. The van der Waals surface area contributed by atoms with E-state index >= 15 is 0 Å². The van der Waals surface area contributed by atoms with Gasteiger partial charge in [-0.2, -0.15) is 0 Å². The summed E-state index contributed by atoms with van der Waals surface area (Å²) in [5.74, 6) is 1.07. The predicted molar refractivity (Wildman–Crippen MR) is 145 cm³/mol. The van der Waals surface area contributed by atoms with E-state index in [0.29, 0.717) is 12.1 Å². The molecule has 0 bridgehead atoms. The van der Waals surface area contributed by atoms with E-state index < -0.39 is 0 Å². The Kier molecular flexibility index (Phi) is 6.99. The summed E-state index contributed by atoms with van der Waals surface area (Å²) in [6.45, 7) is 12.2. The van der Waals surface area contributed by atoms with E-state index in [9.17, 15) is 4.79 Å². The Morgan fingerprint density at radius 1 is 0.861 bits per heavy atom. The van der Waals surface area contributed by atoms with Crippen LogP contribution >= 0.6 is 0 Å². The molecule has 6 nitrogen and oxygen atoms in total. The second kappa shape index (κ2) is 10.3. The average molecular weight is 482 g/mol. The zero-order chi connectivity index (χ0) is 25.2. The SMILES string of the molecule is CCc1nc2c(C)cc(C)nc2n1Cc1cccc(C(=O)c2ccc(CN3CCN(C)CC3)cc2)c1. The molecule has 4 aromatic rings. The Morgan fingerprint density at radius 3 is 2.33 bits per heavy atom. The Labute approximate surface area is 213 Å². The first-order chi connectivity index (χ1) is 17.4. The molecule has 2 aromatic carbocycles. The van der Waals surface area contributed by atoms with Gasteiger partial charge in [0.15, 0.2) is 11.4 Å². The maximum absolute atomic E-state index is 13.3. The number of fused-ring (bicyclic) bond motifs is 1. The molecule has 0 unspecified atom stereocenters. The number of aromatic nitrogens is 3. The lowest BCUT2D eigenvalue weighted by Crippen LogP contribution is -2.43. The van der Waals surface area contributed by atoms with Gasteiger partial charge in [0.1, 0.15) is 11.3 Å². The van der Waals surface area contributed by atoms with Crippen LogP contribution in [0.4, 0.5) is 0 Å². The van der Waals surface area contributed by atoms with E-state index in [2.05, 4.69) is 59.5 Å². The molecule has 5 rings (SSSR count). The number of imidazole rings is 1. The largest absolute Gasteiger partial charge is 0.308 e. The molecule has 1 aliphatic heterocycles. The minimum Gasteiger partial charge on any atom is -0.308 e. The van der Waals surface area contributed by atoms with E-state index in [-0.39, 0.29) is 5.78 Å². The van der Waals surface area contributed by atoms with Crippen LogP contribution in [0.2, 0.25) is 0 Å². The van der Waals surface area contributed by atoms with Crippen LogP contribution in [0, 0.1) is 13.8 Å². The molecule has 6 heteroatoms. The maximum atomic E-state index is 13.3. The van der Waals surface area contributed by atoms with E-state index in [1.165, 1.54) is 5.56 Å². The van der Waals surface area contributed by atoms with Crippen molar-refractivity contribution in [3.05, 3.63) is 93.9 Å². The lowest BCUT2D eigenvalue weighted by atomic mass is 10.00. The summed E-state index contributed by atoms with van der Waals surface area (Å²) >= 11 is 0. The Bertz CT molecular complexity index is 1380. The van der Waals surface area contributed by atoms with Crippen molar-refractivity contribution in [3.63, 3.8) is 0 Å². The van der Waals surface area contributed by atoms with Gasteiger partial charge in [-0.05, 0) is 49.7 Å². The quantitative estimate of drug-likeness (QED) is 0.360. The zero-order valence-electron chi connectivity index (χ0n) is 21.8. The molecule has 36 heavy (non-hydrogen) atoms. The van der Waals surface area contributed by atoms with Crippen molar-refractivity contribution < 1.29 is 4.79 Å². The third-order valence-electron chi connectivity index (χ3n) is 7.17. The summed E-state index contributed by atoms with van der Waals surface area (Å²) < 4.78 is 2.19. The van der Waals surface area contributed by atoms with Crippen LogP contribution < -0.4 is 0 Å². The molecule has 0 aliphatic carbocycles. The normalized spacial score (nSPS) is 15.0. The summed E-state index contributed by atoms with van der Waals surface area (Å²) in [7, 11) is 2.17. The molecular weight excluding hydrogens is 446 g/mol. The highest BCUT2D eigenvalue weighted by Crippen LogP contribution is 2.22.